The van der Waals surface area contributed by atoms with E-state index in [1.54, 1.807) is 10.0 Å². The highest BCUT2D eigenvalue weighted by Crippen LogP contribution is 2.59. The maximum atomic E-state index is 14.3. The Hall–Kier alpha value is -5.20. The van der Waals surface area contributed by atoms with E-state index in [0.717, 1.165) is 34.1 Å². The number of imide groups is 2. The number of carbonyl (C=O) groups excluding carboxylic acids is 4. The number of benzene rings is 4. The van der Waals surface area contributed by atoms with Gasteiger partial charge in [-0.25, -0.2) is 37.4 Å². The Bertz CT molecular complexity index is 1780. The molecule has 0 unspecified atom stereocenters. The number of hydrogen-bond donors (Lipinski definition) is 0. The molecule has 12 heteroatoms. The van der Waals surface area contributed by atoms with Gasteiger partial charge in [0.1, 0.15) is 35.4 Å². The van der Waals surface area contributed by atoms with Gasteiger partial charge in [0.25, 0.3) is 11.8 Å². The topological polar surface area (TPSA) is 81.2 Å². The summed E-state index contributed by atoms with van der Waals surface area (Å²) in [5, 5.41) is 3.14. The van der Waals surface area contributed by atoms with Crippen LogP contribution >= 0.6 is 0 Å². The normalized spacial score (nSPS) is 27.5. The van der Waals surface area contributed by atoms with Gasteiger partial charge < -0.3 is 0 Å². The Balaban J connectivity index is 1.32. The maximum Gasteiger partial charge on any atom is 0.253 e. The van der Waals surface area contributed by atoms with Crippen molar-refractivity contribution < 1.29 is 36.7 Å². The highest BCUT2D eigenvalue weighted by atomic mass is 19.1. The molecule has 4 amide bonds. The Morgan fingerprint density at radius 1 is 0.370 bits per heavy atom. The zero-order valence-electron chi connectivity index (χ0n) is 23.6. The van der Waals surface area contributed by atoms with Crippen LogP contribution in [0.3, 0.4) is 0 Å². The Labute approximate surface area is 259 Å². The second-order valence-corrected chi connectivity index (χ2v) is 11.7. The van der Waals surface area contributed by atoms with E-state index in [0.29, 0.717) is 11.1 Å². The van der Waals surface area contributed by atoms with Crippen LogP contribution in [0.2, 0.25) is 0 Å². The van der Waals surface area contributed by atoms with E-state index in [2.05, 4.69) is 0 Å². The highest BCUT2D eigenvalue weighted by Gasteiger charge is 2.73. The molecule has 4 heterocycles. The van der Waals surface area contributed by atoms with Crippen LogP contribution in [-0.2, 0) is 19.2 Å². The van der Waals surface area contributed by atoms with Crippen LogP contribution in [0.5, 0.6) is 0 Å². The molecule has 6 atom stereocenters. The van der Waals surface area contributed by atoms with Gasteiger partial charge in [-0.05, 0) is 83.9 Å². The minimum absolute atomic E-state index is 0.141. The fraction of sp³-hybridized carbons (Fsp3) is 0.176. The molecule has 0 N–H and O–H groups in total. The first kappa shape index (κ1) is 28.3. The molecule has 0 aromatic heterocycles. The molecule has 4 aliphatic heterocycles. The SMILES string of the molecule is O=C1[C@@H]2[C@@H](C(=O)N1c1ccc(F)cc1)N1[C@H](c3ccc(F)cc3)[C@@H]3C(=O)N(c4ccc(F)cc4)C(=O)[C@@H]3N1[C@@H]2c1ccc(F)cc1. The summed E-state index contributed by atoms with van der Waals surface area (Å²) in [4.78, 5) is 59.0. The number of hydrogen-bond acceptors (Lipinski definition) is 6. The fourth-order valence-electron chi connectivity index (χ4n) is 7.51. The molecule has 0 spiro atoms. The van der Waals surface area contributed by atoms with Gasteiger partial charge in [-0.2, -0.15) is 0 Å². The average Bonchev–Trinajstić information content (AvgIpc) is 3.71. The molecular weight excluding hydrogens is 604 g/mol. The summed E-state index contributed by atoms with van der Waals surface area (Å²) < 4.78 is 55.8. The van der Waals surface area contributed by atoms with Gasteiger partial charge >= 0.3 is 0 Å². The van der Waals surface area contributed by atoms with Crippen molar-refractivity contribution in [2.24, 2.45) is 11.8 Å². The van der Waals surface area contributed by atoms with Gasteiger partial charge in [0.05, 0.1) is 35.3 Å². The fourth-order valence-corrected chi connectivity index (χ4v) is 7.51. The smallest absolute Gasteiger partial charge is 0.253 e. The molecule has 0 bridgehead atoms. The van der Waals surface area contributed by atoms with E-state index in [-0.39, 0.29) is 11.4 Å². The summed E-state index contributed by atoms with van der Waals surface area (Å²) in [6.45, 7) is 0. The summed E-state index contributed by atoms with van der Waals surface area (Å²) in [6, 6.07) is 15.9. The van der Waals surface area contributed by atoms with Gasteiger partial charge in [0.15, 0.2) is 0 Å². The molecule has 4 aromatic carbocycles. The number of rotatable bonds is 4. The maximum absolute atomic E-state index is 14.3. The average molecular weight is 627 g/mol. The molecule has 8 rings (SSSR count). The lowest BCUT2D eigenvalue weighted by atomic mass is 9.84. The molecule has 0 saturated carbocycles. The quantitative estimate of drug-likeness (QED) is 0.242. The Kier molecular flexibility index (Phi) is 6.25. The van der Waals surface area contributed by atoms with Crippen molar-refractivity contribution in [2.75, 3.05) is 9.80 Å². The first-order chi connectivity index (χ1) is 22.2. The summed E-state index contributed by atoms with van der Waals surface area (Å²) >= 11 is 0. The van der Waals surface area contributed by atoms with Crippen molar-refractivity contribution in [3.05, 3.63) is 131 Å². The number of hydrazine groups is 1. The van der Waals surface area contributed by atoms with Gasteiger partial charge in [0, 0.05) is 0 Å². The largest absolute Gasteiger partial charge is 0.274 e. The van der Waals surface area contributed by atoms with Crippen molar-refractivity contribution >= 4 is 35.0 Å². The third-order valence-corrected chi connectivity index (χ3v) is 9.32. The number of fused-ring (bicyclic) bond motifs is 5. The summed E-state index contributed by atoms with van der Waals surface area (Å²) in [7, 11) is 0. The van der Waals surface area contributed by atoms with Crippen LogP contribution in [0.4, 0.5) is 28.9 Å². The molecule has 4 aliphatic rings. The van der Waals surface area contributed by atoms with Crippen LogP contribution in [0.25, 0.3) is 0 Å². The number of carbonyl (C=O) groups is 4. The lowest BCUT2D eigenvalue weighted by Crippen LogP contribution is -2.50. The van der Waals surface area contributed by atoms with Gasteiger partial charge in [0.2, 0.25) is 11.8 Å². The molecule has 46 heavy (non-hydrogen) atoms. The molecule has 8 nitrogen and oxygen atoms in total. The standard InChI is InChI=1S/C34H22F4N4O4/c35-19-5-1-17(2-6-19)27-25-29(33(45)39(31(25)43)23-13-9-21(37)10-14-23)42-28(18-3-7-20(36)8-4-18)26-30(41(27)42)34(46)40(32(26)44)24-15-11-22(38)12-16-24/h1-16,25-30H/t25-,26-,27+,28+,29-,30+/m0/s1. The Morgan fingerprint density at radius 2 is 0.652 bits per heavy atom. The molecule has 4 saturated heterocycles. The zero-order chi connectivity index (χ0) is 32.0. The predicted octanol–water partition coefficient (Wildman–Crippen LogP) is 4.69. The van der Waals surface area contributed by atoms with E-state index >= 15 is 0 Å². The van der Waals surface area contributed by atoms with Crippen LogP contribution < -0.4 is 9.80 Å². The van der Waals surface area contributed by atoms with Crippen molar-refractivity contribution in [1.82, 2.24) is 10.0 Å². The lowest BCUT2D eigenvalue weighted by Gasteiger charge is -2.35. The third-order valence-electron chi connectivity index (χ3n) is 9.32. The molecule has 0 aliphatic carbocycles. The van der Waals surface area contributed by atoms with Crippen molar-refractivity contribution in [3.63, 3.8) is 0 Å². The second kappa shape index (κ2) is 10.2. The second-order valence-electron chi connectivity index (χ2n) is 11.7. The first-order valence-electron chi connectivity index (χ1n) is 14.5. The molecule has 4 aromatic rings. The first-order valence-corrected chi connectivity index (χ1v) is 14.5. The molecule has 0 radical (unpaired) electrons. The van der Waals surface area contributed by atoms with Crippen LogP contribution in [0, 0.1) is 35.1 Å². The van der Waals surface area contributed by atoms with Crippen molar-refractivity contribution in [1.29, 1.82) is 0 Å². The van der Waals surface area contributed by atoms with E-state index in [4.69, 9.17) is 0 Å². The summed E-state index contributed by atoms with van der Waals surface area (Å²) in [5.41, 5.74) is 1.12. The lowest BCUT2D eigenvalue weighted by molar-refractivity contribution is -0.136. The zero-order valence-corrected chi connectivity index (χ0v) is 23.6. The van der Waals surface area contributed by atoms with E-state index in [9.17, 15) is 36.7 Å². The molecular formula is C34H22F4N4O4. The highest BCUT2D eigenvalue weighted by molar-refractivity contribution is 6.26. The van der Waals surface area contributed by atoms with Crippen LogP contribution in [0.15, 0.2) is 97.1 Å². The van der Waals surface area contributed by atoms with E-state index in [1.807, 2.05) is 0 Å². The third kappa shape index (κ3) is 3.93. The van der Waals surface area contributed by atoms with Crippen LogP contribution in [0.1, 0.15) is 23.2 Å². The number of halogens is 4. The summed E-state index contributed by atoms with van der Waals surface area (Å²) in [5.74, 6) is -7.00. The Morgan fingerprint density at radius 3 is 0.957 bits per heavy atom. The molecule has 4 fully saturated rings. The van der Waals surface area contributed by atoms with Crippen LogP contribution in [-0.4, -0.2) is 45.7 Å². The minimum atomic E-state index is -1.21. The van der Waals surface area contributed by atoms with Gasteiger partial charge in [-0.15, -0.1) is 0 Å². The molecule has 230 valence electrons. The minimum Gasteiger partial charge on any atom is -0.274 e. The monoisotopic (exact) mass is 626 g/mol. The van der Waals surface area contributed by atoms with E-state index < -0.39 is 82.9 Å². The van der Waals surface area contributed by atoms with E-state index in [1.165, 1.54) is 72.8 Å². The number of nitrogens with zero attached hydrogens (tertiary/aromatic N) is 4. The van der Waals surface area contributed by atoms with Gasteiger partial charge in [-0.3, -0.25) is 19.2 Å². The predicted molar refractivity (Wildman–Crippen MR) is 154 cm³/mol. The van der Waals surface area contributed by atoms with Crippen molar-refractivity contribution in [2.45, 2.75) is 24.2 Å². The van der Waals surface area contributed by atoms with Crippen molar-refractivity contribution in [3.8, 4) is 0 Å². The number of anilines is 2. The summed E-state index contributed by atoms with van der Waals surface area (Å²) in [6.07, 6.45) is 0. The van der Waals surface area contributed by atoms with Gasteiger partial charge in [-0.1, -0.05) is 24.3 Å². The number of amides is 4.